The summed E-state index contributed by atoms with van der Waals surface area (Å²) in [4.78, 5) is 24.0. The Bertz CT molecular complexity index is 950. The number of carbonyl (C=O) groups is 2. The normalized spacial score (nSPS) is 11.0. The number of benzene rings is 2. The molecule has 0 aliphatic heterocycles. The summed E-state index contributed by atoms with van der Waals surface area (Å²) < 4.78 is 29.6. The zero-order valence-electron chi connectivity index (χ0n) is 18.9. The highest BCUT2D eigenvalue weighted by Gasteiger charge is 2.16. The van der Waals surface area contributed by atoms with Gasteiger partial charge in [0.05, 0.1) is 21.3 Å². The Balaban J connectivity index is 2.24. The molecule has 33 heavy (non-hydrogen) atoms. The van der Waals surface area contributed by atoms with Crippen molar-refractivity contribution in [1.29, 1.82) is 0 Å². The number of nitrogens with one attached hydrogen (secondary N) is 2. The molecule has 2 amide bonds. The molecule has 0 fully saturated rings. The van der Waals surface area contributed by atoms with Crippen LogP contribution in [0.5, 0.6) is 17.2 Å². The number of hydroxylamine groups is 1. The van der Waals surface area contributed by atoms with Gasteiger partial charge in [0.25, 0.3) is 5.91 Å². The van der Waals surface area contributed by atoms with Crippen LogP contribution in [-0.2, 0) is 9.59 Å². The summed E-state index contributed by atoms with van der Waals surface area (Å²) in [6, 6.07) is 9.07. The monoisotopic (exact) mass is 460 g/mol. The first kappa shape index (κ1) is 25.7. The van der Waals surface area contributed by atoms with Crippen molar-refractivity contribution in [2.75, 3.05) is 27.9 Å². The van der Waals surface area contributed by atoms with Gasteiger partial charge in [-0.15, -0.1) is 0 Å². The van der Waals surface area contributed by atoms with Crippen molar-refractivity contribution >= 4 is 23.5 Å². The van der Waals surface area contributed by atoms with Crippen molar-refractivity contribution < 1.29 is 33.4 Å². The molecular weight excluding hydrogens is 431 g/mol. The first-order valence-electron chi connectivity index (χ1n) is 10.4. The third kappa shape index (κ3) is 7.50. The molecule has 178 valence electrons. The fourth-order valence-corrected chi connectivity index (χ4v) is 3.20. The van der Waals surface area contributed by atoms with Crippen LogP contribution in [0.4, 0.5) is 4.39 Å². The molecule has 0 bridgehead atoms. The molecule has 0 aliphatic rings. The SMILES string of the molecule is COc1cc(/C=C(\C(=O)NCCCCCC(=O)NO)c2ccc(F)cc2)cc(OC)c1OC. The van der Waals surface area contributed by atoms with Crippen LogP contribution in [0.3, 0.4) is 0 Å². The highest BCUT2D eigenvalue weighted by molar-refractivity contribution is 6.24. The molecule has 2 aromatic rings. The van der Waals surface area contributed by atoms with Crippen molar-refractivity contribution in [2.24, 2.45) is 0 Å². The van der Waals surface area contributed by atoms with Gasteiger partial charge in [-0.05, 0) is 54.3 Å². The zero-order chi connectivity index (χ0) is 24.2. The van der Waals surface area contributed by atoms with Crippen LogP contribution in [0.2, 0.25) is 0 Å². The van der Waals surface area contributed by atoms with Gasteiger partial charge in [-0.1, -0.05) is 18.6 Å². The standard InChI is InChI=1S/C24H29FN2O6/c1-31-20-14-16(15-21(32-2)23(20)33-3)13-19(17-8-10-18(25)11-9-17)24(29)26-12-6-4-5-7-22(28)27-30/h8-11,13-15,30H,4-7,12H2,1-3H3,(H,26,29)(H,27,28)/b19-13-. The second-order valence-corrected chi connectivity index (χ2v) is 7.13. The minimum Gasteiger partial charge on any atom is -0.493 e. The predicted octanol–water partition coefficient (Wildman–Crippen LogP) is 3.57. The number of halogens is 1. The Morgan fingerprint density at radius 1 is 0.970 bits per heavy atom. The summed E-state index contributed by atoms with van der Waals surface area (Å²) >= 11 is 0. The number of rotatable bonds is 12. The van der Waals surface area contributed by atoms with Crippen LogP contribution in [0.25, 0.3) is 11.6 Å². The summed E-state index contributed by atoms with van der Waals surface area (Å²) in [7, 11) is 4.51. The van der Waals surface area contributed by atoms with Gasteiger partial charge in [0.15, 0.2) is 11.5 Å². The Kier molecular flexibility index (Phi) is 10.2. The predicted molar refractivity (Wildman–Crippen MR) is 122 cm³/mol. The van der Waals surface area contributed by atoms with Crippen LogP contribution in [0.1, 0.15) is 36.8 Å². The van der Waals surface area contributed by atoms with Crippen molar-refractivity contribution in [3.05, 3.63) is 53.3 Å². The summed E-state index contributed by atoms with van der Waals surface area (Å²) in [5.74, 6) is 0.134. The molecule has 0 radical (unpaired) electrons. The van der Waals surface area contributed by atoms with E-state index in [0.717, 1.165) is 0 Å². The van der Waals surface area contributed by atoms with Crippen molar-refractivity contribution in [3.63, 3.8) is 0 Å². The van der Waals surface area contributed by atoms with Crippen LogP contribution in [0, 0.1) is 5.82 Å². The Hall–Kier alpha value is -3.59. The maximum Gasteiger partial charge on any atom is 0.251 e. The van der Waals surface area contributed by atoms with Crippen molar-refractivity contribution in [2.45, 2.75) is 25.7 Å². The number of amides is 2. The maximum absolute atomic E-state index is 13.5. The summed E-state index contributed by atoms with van der Waals surface area (Å²) in [6.07, 6.45) is 3.83. The van der Waals surface area contributed by atoms with Crippen LogP contribution >= 0.6 is 0 Å². The molecule has 8 nitrogen and oxygen atoms in total. The van der Waals surface area contributed by atoms with Crippen LogP contribution in [-0.4, -0.2) is 44.9 Å². The van der Waals surface area contributed by atoms with E-state index in [1.807, 2.05) is 0 Å². The number of hydrogen-bond donors (Lipinski definition) is 3. The highest BCUT2D eigenvalue weighted by Crippen LogP contribution is 2.39. The topological polar surface area (TPSA) is 106 Å². The van der Waals surface area contributed by atoms with Gasteiger partial charge in [-0.3, -0.25) is 14.8 Å². The van der Waals surface area contributed by atoms with E-state index in [1.54, 1.807) is 23.7 Å². The minimum atomic E-state index is -0.439. The first-order valence-corrected chi connectivity index (χ1v) is 10.4. The average Bonchev–Trinajstić information content (AvgIpc) is 2.84. The fourth-order valence-electron chi connectivity index (χ4n) is 3.20. The van der Waals surface area contributed by atoms with Gasteiger partial charge in [-0.25, -0.2) is 9.87 Å². The smallest absolute Gasteiger partial charge is 0.251 e. The van der Waals surface area contributed by atoms with Crippen molar-refractivity contribution in [1.82, 2.24) is 10.8 Å². The molecule has 2 aromatic carbocycles. The van der Waals surface area contributed by atoms with E-state index in [1.165, 1.54) is 45.6 Å². The maximum atomic E-state index is 13.5. The Morgan fingerprint density at radius 2 is 1.61 bits per heavy atom. The third-order valence-electron chi connectivity index (χ3n) is 4.89. The fraction of sp³-hybridized carbons (Fsp3) is 0.333. The summed E-state index contributed by atoms with van der Waals surface area (Å²) in [5, 5.41) is 11.4. The van der Waals surface area contributed by atoms with E-state index in [4.69, 9.17) is 19.4 Å². The van der Waals surface area contributed by atoms with Crippen molar-refractivity contribution in [3.8, 4) is 17.2 Å². The molecule has 9 heteroatoms. The van der Waals surface area contributed by atoms with Gasteiger partial charge >= 0.3 is 0 Å². The Morgan fingerprint density at radius 3 is 2.15 bits per heavy atom. The largest absolute Gasteiger partial charge is 0.493 e. The van der Waals surface area contributed by atoms with E-state index < -0.39 is 11.7 Å². The lowest BCUT2D eigenvalue weighted by Gasteiger charge is -2.14. The van der Waals surface area contributed by atoms with Gasteiger partial charge in [0, 0.05) is 18.5 Å². The average molecular weight is 461 g/mol. The lowest BCUT2D eigenvalue weighted by atomic mass is 10.0. The molecule has 2 rings (SSSR count). The molecule has 0 saturated heterocycles. The second kappa shape index (κ2) is 13.1. The molecule has 0 atom stereocenters. The van der Waals surface area contributed by atoms with E-state index in [-0.39, 0.29) is 12.3 Å². The zero-order valence-corrected chi connectivity index (χ0v) is 18.9. The molecule has 0 unspecified atom stereocenters. The highest BCUT2D eigenvalue weighted by atomic mass is 19.1. The number of unbranched alkanes of at least 4 members (excludes halogenated alkanes) is 2. The van der Waals surface area contributed by atoms with Gasteiger partial charge in [0.1, 0.15) is 5.82 Å². The van der Waals surface area contributed by atoms with E-state index in [2.05, 4.69) is 5.32 Å². The third-order valence-corrected chi connectivity index (χ3v) is 4.89. The molecule has 0 spiro atoms. The molecule has 0 aromatic heterocycles. The van der Waals surface area contributed by atoms with Crippen LogP contribution in [0.15, 0.2) is 36.4 Å². The number of hydrogen-bond acceptors (Lipinski definition) is 6. The van der Waals surface area contributed by atoms with Gasteiger partial charge in [-0.2, -0.15) is 0 Å². The lowest BCUT2D eigenvalue weighted by molar-refractivity contribution is -0.129. The van der Waals surface area contributed by atoms with Gasteiger partial charge < -0.3 is 19.5 Å². The minimum absolute atomic E-state index is 0.215. The lowest BCUT2D eigenvalue weighted by Crippen LogP contribution is -2.25. The van der Waals surface area contributed by atoms with Gasteiger partial charge in [0.2, 0.25) is 11.7 Å². The summed E-state index contributed by atoms with van der Waals surface area (Å²) in [5.41, 5.74) is 3.10. The molecule has 3 N–H and O–H groups in total. The van der Waals surface area contributed by atoms with E-state index >= 15 is 0 Å². The molecule has 0 heterocycles. The molecule has 0 aliphatic carbocycles. The second-order valence-electron chi connectivity index (χ2n) is 7.13. The molecule has 0 saturated carbocycles. The number of ether oxygens (including phenoxy) is 3. The van der Waals surface area contributed by atoms with E-state index in [9.17, 15) is 14.0 Å². The number of carbonyl (C=O) groups excluding carboxylic acids is 2. The molecular formula is C24H29FN2O6. The van der Waals surface area contributed by atoms with Crippen LogP contribution < -0.4 is 25.0 Å². The van der Waals surface area contributed by atoms with E-state index in [0.29, 0.717) is 59.8 Å². The number of methoxy groups -OCH3 is 3. The summed E-state index contributed by atoms with van der Waals surface area (Å²) in [6.45, 7) is 0.396. The Labute approximate surface area is 192 Å². The quantitative estimate of drug-likeness (QED) is 0.147. The first-order chi connectivity index (χ1) is 15.9.